The molecule has 0 amide bonds. The zero-order chi connectivity index (χ0) is 10.7. The molecule has 82 valence electrons. The van der Waals surface area contributed by atoms with Crippen LogP contribution < -0.4 is 10.2 Å². The number of aromatic nitrogens is 1. The fraction of sp³-hybridized carbons (Fsp3) is 0.583. The van der Waals surface area contributed by atoms with Crippen LogP contribution in [0.3, 0.4) is 0 Å². The van der Waals surface area contributed by atoms with Crippen LogP contribution in [-0.4, -0.2) is 25.1 Å². The summed E-state index contributed by atoms with van der Waals surface area (Å²) in [6.07, 6.45) is 2.61. The van der Waals surface area contributed by atoms with Gasteiger partial charge >= 0.3 is 0 Å². The molecular weight excluding hydrogens is 186 g/mol. The first-order valence-electron chi connectivity index (χ1n) is 5.67. The Bertz CT molecular complexity index is 330. The van der Waals surface area contributed by atoms with Crippen LogP contribution in [0.15, 0.2) is 12.1 Å². The van der Waals surface area contributed by atoms with E-state index in [-0.39, 0.29) is 0 Å². The molecule has 1 aromatic rings. The molecule has 0 atom stereocenters. The SMILES string of the molecule is CNCc1cc(C)nc(N2CCCC2)c1. The van der Waals surface area contributed by atoms with Gasteiger partial charge in [0.2, 0.25) is 0 Å². The Morgan fingerprint density at radius 3 is 2.73 bits per heavy atom. The highest BCUT2D eigenvalue weighted by atomic mass is 15.2. The molecule has 1 aromatic heterocycles. The summed E-state index contributed by atoms with van der Waals surface area (Å²) >= 11 is 0. The van der Waals surface area contributed by atoms with Crippen molar-refractivity contribution in [3.63, 3.8) is 0 Å². The second-order valence-electron chi connectivity index (χ2n) is 4.20. The third-order valence-corrected chi connectivity index (χ3v) is 2.81. The van der Waals surface area contributed by atoms with Crippen LogP contribution in [0.2, 0.25) is 0 Å². The first-order valence-corrected chi connectivity index (χ1v) is 5.67. The lowest BCUT2D eigenvalue weighted by Gasteiger charge is -2.17. The molecule has 1 fully saturated rings. The number of pyridine rings is 1. The summed E-state index contributed by atoms with van der Waals surface area (Å²) in [5.74, 6) is 1.15. The number of rotatable bonds is 3. The molecule has 1 aliphatic heterocycles. The summed E-state index contributed by atoms with van der Waals surface area (Å²) in [5.41, 5.74) is 2.44. The molecule has 2 rings (SSSR count). The highest BCUT2D eigenvalue weighted by Gasteiger charge is 2.14. The van der Waals surface area contributed by atoms with Gasteiger partial charge in [-0.05, 0) is 44.5 Å². The van der Waals surface area contributed by atoms with Crippen LogP contribution in [0.5, 0.6) is 0 Å². The summed E-state index contributed by atoms with van der Waals surface area (Å²) in [6, 6.07) is 4.35. The van der Waals surface area contributed by atoms with Gasteiger partial charge in [0.15, 0.2) is 0 Å². The van der Waals surface area contributed by atoms with Gasteiger partial charge in [-0.25, -0.2) is 4.98 Å². The van der Waals surface area contributed by atoms with Crippen molar-refractivity contribution in [2.24, 2.45) is 0 Å². The van der Waals surface area contributed by atoms with Crippen molar-refractivity contribution >= 4 is 5.82 Å². The monoisotopic (exact) mass is 205 g/mol. The van der Waals surface area contributed by atoms with E-state index in [1.165, 1.54) is 18.4 Å². The maximum Gasteiger partial charge on any atom is 0.129 e. The number of nitrogens with zero attached hydrogens (tertiary/aromatic N) is 2. The zero-order valence-electron chi connectivity index (χ0n) is 9.58. The molecule has 0 spiro atoms. The Morgan fingerprint density at radius 2 is 2.07 bits per heavy atom. The van der Waals surface area contributed by atoms with Crippen molar-refractivity contribution in [2.45, 2.75) is 26.3 Å². The van der Waals surface area contributed by atoms with Crippen LogP contribution in [-0.2, 0) is 6.54 Å². The highest BCUT2D eigenvalue weighted by molar-refractivity contribution is 5.43. The molecule has 3 nitrogen and oxygen atoms in total. The standard InChI is InChI=1S/C12H19N3/c1-10-7-11(9-13-2)8-12(14-10)15-5-3-4-6-15/h7-8,13H,3-6,9H2,1-2H3. The molecule has 0 radical (unpaired) electrons. The van der Waals surface area contributed by atoms with Crippen LogP contribution in [0.25, 0.3) is 0 Å². The van der Waals surface area contributed by atoms with E-state index in [1.54, 1.807) is 0 Å². The van der Waals surface area contributed by atoms with E-state index < -0.39 is 0 Å². The molecule has 1 aliphatic rings. The Kier molecular flexibility index (Phi) is 3.21. The minimum absolute atomic E-state index is 0.921. The lowest BCUT2D eigenvalue weighted by Crippen LogP contribution is -2.20. The molecule has 15 heavy (non-hydrogen) atoms. The third-order valence-electron chi connectivity index (χ3n) is 2.81. The number of nitrogens with one attached hydrogen (secondary N) is 1. The minimum atomic E-state index is 0.921. The molecule has 0 unspecified atom stereocenters. The van der Waals surface area contributed by atoms with Crippen molar-refractivity contribution in [1.82, 2.24) is 10.3 Å². The van der Waals surface area contributed by atoms with E-state index in [9.17, 15) is 0 Å². The topological polar surface area (TPSA) is 28.2 Å². The van der Waals surface area contributed by atoms with E-state index in [2.05, 4.69) is 34.3 Å². The summed E-state index contributed by atoms with van der Waals surface area (Å²) in [7, 11) is 1.98. The van der Waals surface area contributed by atoms with Gasteiger partial charge in [0, 0.05) is 25.3 Å². The van der Waals surface area contributed by atoms with E-state index in [0.29, 0.717) is 0 Å². The lowest BCUT2D eigenvalue weighted by atomic mass is 10.2. The first-order chi connectivity index (χ1) is 7.29. The molecular formula is C12H19N3. The molecule has 2 heterocycles. The largest absolute Gasteiger partial charge is 0.357 e. The first kappa shape index (κ1) is 10.4. The summed E-state index contributed by atoms with van der Waals surface area (Å²) in [5, 5.41) is 3.18. The fourth-order valence-electron chi connectivity index (χ4n) is 2.14. The third kappa shape index (κ3) is 2.48. The van der Waals surface area contributed by atoms with Crippen LogP contribution in [0.1, 0.15) is 24.1 Å². The maximum atomic E-state index is 4.60. The van der Waals surface area contributed by atoms with Gasteiger partial charge < -0.3 is 10.2 Å². The van der Waals surface area contributed by atoms with Gasteiger partial charge in [0.1, 0.15) is 5.82 Å². The molecule has 3 heteroatoms. The lowest BCUT2D eigenvalue weighted by molar-refractivity contribution is 0.810. The van der Waals surface area contributed by atoms with E-state index in [0.717, 1.165) is 31.1 Å². The van der Waals surface area contributed by atoms with Crippen molar-refractivity contribution in [1.29, 1.82) is 0 Å². The molecule has 1 N–H and O–H groups in total. The van der Waals surface area contributed by atoms with E-state index in [4.69, 9.17) is 0 Å². The van der Waals surface area contributed by atoms with Gasteiger partial charge in [-0.15, -0.1) is 0 Å². The Balaban J connectivity index is 2.22. The average molecular weight is 205 g/mol. The molecule has 0 aliphatic carbocycles. The predicted octanol–water partition coefficient (Wildman–Crippen LogP) is 1.71. The van der Waals surface area contributed by atoms with Crippen LogP contribution >= 0.6 is 0 Å². The van der Waals surface area contributed by atoms with Gasteiger partial charge in [-0.3, -0.25) is 0 Å². The normalized spacial score (nSPS) is 16.0. The summed E-state index contributed by atoms with van der Waals surface area (Å²) in [6.45, 7) is 5.31. The summed E-state index contributed by atoms with van der Waals surface area (Å²) in [4.78, 5) is 6.98. The zero-order valence-corrected chi connectivity index (χ0v) is 9.58. The van der Waals surface area contributed by atoms with Crippen LogP contribution in [0.4, 0.5) is 5.82 Å². The quantitative estimate of drug-likeness (QED) is 0.814. The molecule has 0 saturated carbocycles. The second kappa shape index (κ2) is 4.62. The Labute approximate surface area is 91.5 Å². The number of anilines is 1. The van der Waals surface area contributed by atoms with E-state index >= 15 is 0 Å². The smallest absolute Gasteiger partial charge is 0.129 e. The Hall–Kier alpha value is -1.09. The molecule has 0 aromatic carbocycles. The van der Waals surface area contributed by atoms with E-state index in [1.807, 2.05) is 7.05 Å². The molecule has 1 saturated heterocycles. The fourth-order valence-corrected chi connectivity index (χ4v) is 2.14. The molecule has 0 bridgehead atoms. The second-order valence-corrected chi connectivity index (χ2v) is 4.20. The van der Waals surface area contributed by atoms with Gasteiger partial charge in [0.05, 0.1) is 0 Å². The maximum absolute atomic E-state index is 4.60. The van der Waals surface area contributed by atoms with Crippen LogP contribution in [0, 0.1) is 6.92 Å². The van der Waals surface area contributed by atoms with Gasteiger partial charge in [-0.2, -0.15) is 0 Å². The number of hydrogen-bond donors (Lipinski definition) is 1. The predicted molar refractivity (Wildman–Crippen MR) is 63.2 cm³/mol. The Morgan fingerprint density at radius 1 is 1.33 bits per heavy atom. The van der Waals surface area contributed by atoms with Crippen molar-refractivity contribution in [3.05, 3.63) is 23.4 Å². The van der Waals surface area contributed by atoms with Gasteiger partial charge in [0.25, 0.3) is 0 Å². The highest BCUT2D eigenvalue weighted by Crippen LogP contribution is 2.19. The van der Waals surface area contributed by atoms with Gasteiger partial charge in [-0.1, -0.05) is 0 Å². The van der Waals surface area contributed by atoms with Crippen molar-refractivity contribution in [3.8, 4) is 0 Å². The average Bonchev–Trinajstić information content (AvgIpc) is 2.70. The number of aryl methyl sites for hydroxylation is 1. The minimum Gasteiger partial charge on any atom is -0.357 e. The summed E-state index contributed by atoms with van der Waals surface area (Å²) < 4.78 is 0. The van der Waals surface area contributed by atoms with Crippen molar-refractivity contribution in [2.75, 3.05) is 25.0 Å². The van der Waals surface area contributed by atoms with Crippen molar-refractivity contribution < 1.29 is 0 Å². The number of hydrogen-bond acceptors (Lipinski definition) is 3.